The molecule has 0 bridgehead atoms. The maximum atomic E-state index is 13.0. The quantitative estimate of drug-likeness (QED) is 0.744. The zero-order valence-corrected chi connectivity index (χ0v) is 16.1. The van der Waals surface area contributed by atoms with Crippen molar-refractivity contribution in [3.05, 3.63) is 45.8 Å². The number of anilines is 1. The van der Waals surface area contributed by atoms with Crippen LogP contribution in [0, 0.1) is 6.92 Å². The van der Waals surface area contributed by atoms with Crippen molar-refractivity contribution in [1.29, 1.82) is 0 Å². The van der Waals surface area contributed by atoms with E-state index in [2.05, 4.69) is 9.98 Å². The number of amidine groups is 1. The number of aliphatic imine (C=N–C) groups is 1. The molecule has 0 N–H and O–H groups in total. The molecule has 8 heteroatoms. The first-order chi connectivity index (χ1) is 12.5. The summed E-state index contributed by atoms with van der Waals surface area (Å²) in [4.78, 5) is 38.3. The van der Waals surface area contributed by atoms with Crippen LogP contribution < -0.4 is 4.90 Å². The second-order valence-corrected chi connectivity index (χ2v) is 7.72. The first-order valence-corrected chi connectivity index (χ1v) is 9.83. The van der Waals surface area contributed by atoms with Crippen molar-refractivity contribution in [2.24, 2.45) is 4.99 Å². The lowest BCUT2D eigenvalue weighted by Crippen LogP contribution is -2.29. The molecule has 0 spiro atoms. The van der Waals surface area contributed by atoms with Gasteiger partial charge in [0.2, 0.25) is 5.13 Å². The third-order valence-electron chi connectivity index (χ3n) is 4.26. The summed E-state index contributed by atoms with van der Waals surface area (Å²) in [7, 11) is 1.73. The van der Waals surface area contributed by atoms with Gasteiger partial charge in [-0.05, 0) is 31.7 Å². The van der Waals surface area contributed by atoms with Gasteiger partial charge in [0.15, 0.2) is 5.17 Å². The van der Waals surface area contributed by atoms with Gasteiger partial charge >= 0.3 is 0 Å². The number of hydrogen-bond donors (Lipinski definition) is 0. The van der Waals surface area contributed by atoms with Crippen LogP contribution >= 0.6 is 23.1 Å². The molecular formula is C18H16N4O2S2. The van der Waals surface area contributed by atoms with E-state index in [-0.39, 0.29) is 11.8 Å². The number of aromatic nitrogens is 1. The average Bonchev–Trinajstić information content (AvgIpc) is 3.25. The van der Waals surface area contributed by atoms with E-state index in [1.165, 1.54) is 23.1 Å². The highest BCUT2D eigenvalue weighted by Crippen LogP contribution is 2.44. The van der Waals surface area contributed by atoms with Gasteiger partial charge in [0.05, 0.1) is 21.9 Å². The van der Waals surface area contributed by atoms with Crippen LogP contribution in [0.3, 0.4) is 0 Å². The highest BCUT2D eigenvalue weighted by molar-refractivity contribution is 8.18. The summed E-state index contributed by atoms with van der Waals surface area (Å²) < 4.78 is 0. The molecule has 1 aromatic heterocycles. The topological polar surface area (TPSA) is 65.9 Å². The third kappa shape index (κ3) is 2.57. The fourth-order valence-corrected chi connectivity index (χ4v) is 4.84. The van der Waals surface area contributed by atoms with E-state index < -0.39 is 0 Å². The van der Waals surface area contributed by atoms with Gasteiger partial charge in [-0.15, -0.1) is 11.3 Å². The number of thiazole rings is 1. The maximum Gasteiger partial charge on any atom is 0.267 e. The van der Waals surface area contributed by atoms with Crippen LogP contribution in [0.4, 0.5) is 10.8 Å². The van der Waals surface area contributed by atoms with Gasteiger partial charge in [0.1, 0.15) is 0 Å². The number of carbonyl (C=O) groups excluding carboxylic acids is 2. The number of likely N-dealkylation sites (N-methyl/N-ethyl adjacent to an activating group) is 2. The van der Waals surface area contributed by atoms with Crippen molar-refractivity contribution < 1.29 is 9.59 Å². The lowest BCUT2D eigenvalue weighted by Gasteiger charge is -2.11. The number of thioether (sulfide) groups is 1. The first kappa shape index (κ1) is 17.0. The smallest absolute Gasteiger partial charge is 0.267 e. The van der Waals surface area contributed by atoms with E-state index in [9.17, 15) is 9.59 Å². The van der Waals surface area contributed by atoms with Gasteiger partial charge in [0.25, 0.3) is 11.8 Å². The summed E-state index contributed by atoms with van der Waals surface area (Å²) in [6, 6.07) is 7.52. The molecule has 1 saturated heterocycles. The Morgan fingerprint density at radius 3 is 2.65 bits per heavy atom. The van der Waals surface area contributed by atoms with Crippen LogP contribution in [0.5, 0.6) is 0 Å². The van der Waals surface area contributed by atoms with E-state index in [0.29, 0.717) is 27.3 Å². The predicted octanol–water partition coefficient (Wildman–Crippen LogP) is 3.42. The summed E-state index contributed by atoms with van der Waals surface area (Å²) in [6.45, 7) is 4.28. The fraction of sp³-hybridized carbons (Fsp3) is 0.222. The Bertz CT molecular complexity index is 993. The van der Waals surface area contributed by atoms with Gasteiger partial charge in [-0.3, -0.25) is 14.5 Å². The Kier molecular flexibility index (Phi) is 4.16. The summed E-state index contributed by atoms with van der Waals surface area (Å²) in [5, 5.41) is 3.09. The minimum atomic E-state index is -0.182. The fourth-order valence-electron chi connectivity index (χ4n) is 2.98. The number of benzene rings is 1. The minimum Gasteiger partial charge on any atom is -0.311 e. The van der Waals surface area contributed by atoms with Crippen molar-refractivity contribution >= 4 is 56.5 Å². The summed E-state index contributed by atoms with van der Waals surface area (Å²) in [5.74, 6) is -0.345. The summed E-state index contributed by atoms with van der Waals surface area (Å²) >= 11 is 2.68. The second-order valence-electron chi connectivity index (χ2n) is 5.90. The SMILES string of the molecule is CCN1C(=O)/C(=C2/C(=O)N(C)c3ccccc32)S/C1=N/c1nc(C)cs1. The number of hydrogen-bond acceptors (Lipinski definition) is 6. The lowest BCUT2D eigenvalue weighted by atomic mass is 10.1. The standard InChI is InChI=1S/C18H16N4O2S2/c1-4-22-16(24)14(26-18(22)20-17-19-10(2)9-25-17)13-11-7-5-6-8-12(11)21(3)15(13)23/h5-9H,4H2,1-3H3/b14-13-,20-18+. The zero-order valence-electron chi connectivity index (χ0n) is 14.5. The number of carbonyl (C=O) groups is 2. The maximum absolute atomic E-state index is 13.0. The van der Waals surface area contributed by atoms with E-state index in [0.717, 1.165) is 16.9 Å². The van der Waals surface area contributed by atoms with Crippen LogP contribution in [-0.4, -0.2) is 40.5 Å². The molecule has 6 nitrogen and oxygen atoms in total. The van der Waals surface area contributed by atoms with Crippen molar-refractivity contribution in [2.75, 3.05) is 18.5 Å². The van der Waals surface area contributed by atoms with Crippen LogP contribution in [0.15, 0.2) is 39.5 Å². The van der Waals surface area contributed by atoms with Gasteiger partial charge in [-0.1, -0.05) is 18.2 Å². The van der Waals surface area contributed by atoms with E-state index in [1.54, 1.807) is 16.8 Å². The third-order valence-corrected chi connectivity index (χ3v) is 6.19. The Labute approximate surface area is 159 Å². The molecule has 2 aromatic rings. The highest BCUT2D eigenvalue weighted by Gasteiger charge is 2.41. The molecule has 132 valence electrons. The summed E-state index contributed by atoms with van der Waals surface area (Å²) in [6.07, 6.45) is 0. The highest BCUT2D eigenvalue weighted by atomic mass is 32.2. The van der Waals surface area contributed by atoms with Gasteiger partial charge in [-0.2, -0.15) is 4.99 Å². The summed E-state index contributed by atoms with van der Waals surface area (Å²) in [5.41, 5.74) is 2.96. The molecule has 0 radical (unpaired) electrons. The van der Waals surface area contributed by atoms with Crippen molar-refractivity contribution in [3.8, 4) is 0 Å². The number of aryl methyl sites for hydroxylation is 1. The second kappa shape index (κ2) is 6.37. The van der Waals surface area contributed by atoms with Crippen LogP contribution in [0.2, 0.25) is 0 Å². The lowest BCUT2D eigenvalue weighted by molar-refractivity contribution is -0.122. The Morgan fingerprint density at radius 2 is 1.96 bits per heavy atom. The monoisotopic (exact) mass is 384 g/mol. The van der Waals surface area contributed by atoms with Crippen molar-refractivity contribution in [2.45, 2.75) is 13.8 Å². The minimum absolute atomic E-state index is 0.163. The van der Waals surface area contributed by atoms with Gasteiger partial charge in [0, 0.05) is 24.5 Å². The Morgan fingerprint density at radius 1 is 1.19 bits per heavy atom. The molecule has 0 aliphatic carbocycles. The normalized spacial score (nSPS) is 21.3. The predicted molar refractivity (Wildman–Crippen MR) is 106 cm³/mol. The average molecular weight is 384 g/mol. The molecule has 26 heavy (non-hydrogen) atoms. The van der Waals surface area contributed by atoms with Gasteiger partial charge < -0.3 is 4.90 Å². The molecule has 2 aliphatic heterocycles. The Balaban J connectivity index is 1.83. The molecule has 2 amide bonds. The Hall–Kier alpha value is -2.45. The molecule has 0 unspecified atom stereocenters. The largest absolute Gasteiger partial charge is 0.311 e. The number of amides is 2. The van der Waals surface area contributed by atoms with E-state index >= 15 is 0 Å². The van der Waals surface area contributed by atoms with Crippen LogP contribution in [0.1, 0.15) is 18.2 Å². The van der Waals surface area contributed by atoms with Crippen molar-refractivity contribution in [3.63, 3.8) is 0 Å². The van der Waals surface area contributed by atoms with Crippen LogP contribution in [-0.2, 0) is 9.59 Å². The molecule has 1 aromatic carbocycles. The molecule has 0 saturated carbocycles. The molecule has 0 atom stereocenters. The zero-order chi connectivity index (χ0) is 18.4. The van der Waals surface area contributed by atoms with Crippen molar-refractivity contribution in [1.82, 2.24) is 9.88 Å². The molecular weight excluding hydrogens is 368 g/mol. The molecule has 1 fully saturated rings. The number of nitrogens with zero attached hydrogens (tertiary/aromatic N) is 4. The number of para-hydroxylation sites is 1. The van der Waals surface area contributed by atoms with E-state index in [4.69, 9.17) is 0 Å². The first-order valence-electron chi connectivity index (χ1n) is 8.13. The van der Waals surface area contributed by atoms with Gasteiger partial charge in [-0.25, -0.2) is 4.98 Å². The molecule has 3 heterocycles. The molecule has 4 rings (SSSR count). The number of rotatable bonds is 2. The van der Waals surface area contributed by atoms with E-state index in [1.807, 2.05) is 43.5 Å². The molecule has 2 aliphatic rings. The van der Waals surface area contributed by atoms with Crippen LogP contribution in [0.25, 0.3) is 5.57 Å². The number of fused-ring (bicyclic) bond motifs is 1.